The number of rotatable bonds is 5. The zero-order valence-electron chi connectivity index (χ0n) is 13.5. The molecule has 138 valence electrons. The van der Waals surface area contributed by atoms with Gasteiger partial charge in [0, 0.05) is 10.5 Å². The van der Waals surface area contributed by atoms with Crippen molar-refractivity contribution in [3.05, 3.63) is 76.7 Å². The standard InChI is InChI=1S/C17H11Cl2N3O3S2/c18-14-9-21-15(10-20-14)26-12-7-4-8-13(16(12)19)27(24,25)22-17(23)11-5-2-1-3-6-11/h1-10H,(H,22,23). The van der Waals surface area contributed by atoms with E-state index in [1.54, 1.807) is 24.3 Å². The SMILES string of the molecule is O=C(NS(=O)(=O)c1cccc(Sc2cnc(Cl)cn2)c1Cl)c1ccccc1. The van der Waals surface area contributed by atoms with E-state index in [9.17, 15) is 13.2 Å². The number of carbonyl (C=O) groups is 1. The van der Waals surface area contributed by atoms with Gasteiger partial charge in [-0.1, -0.05) is 59.2 Å². The van der Waals surface area contributed by atoms with Gasteiger partial charge in [-0.25, -0.2) is 23.1 Å². The highest BCUT2D eigenvalue weighted by atomic mass is 35.5. The summed E-state index contributed by atoms with van der Waals surface area (Å²) in [6.07, 6.45) is 2.82. The summed E-state index contributed by atoms with van der Waals surface area (Å²) in [5.74, 6) is -0.742. The van der Waals surface area contributed by atoms with Crippen LogP contribution in [0, 0.1) is 0 Å². The fraction of sp³-hybridized carbons (Fsp3) is 0. The Hall–Kier alpha value is -2.13. The number of carbonyl (C=O) groups excluding carboxylic acids is 1. The monoisotopic (exact) mass is 439 g/mol. The highest BCUT2D eigenvalue weighted by molar-refractivity contribution is 7.99. The van der Waals surface area contributed by atoms with Crippen molar-refractivity contribution in [1.82, 2.24) is 14.7 Å². The van der Waals surface area contributed by atoms with Crippen molar-refractivity contribution in [2.45, 2.75) is 14.8 Å². The molecule has 1 aromatic heterocycles. The van der Waals surface area contributed by atoms with Crippen molar-refractivity contribution >= 4 is 50.9 Å². The third kappa shape index (κ3) is 4.78. The summed E-state index contributed by atoms with van der Waals surface area (Å²) >= 11 is 13.1. The number of sulfonamides is 1. The normalized spacial score (nSPS) is 11.2. The minimum atomic E-state index is -4.16. The first-order valence-corrected chi connectivity index (χ1v) is 10.5. The number of halogens is 2. The molecule has 1 amide bonds. The molecule has 3 aromatic rings. The second-order valence-corrected chi connectivity index (χ2v) is 8.63. The van der Waals surface area contributed by atoms with E-state index in [2.05, 4.69) is 9.97 Å². The topological polar surface area (TPSA) is 89.0 Å². The Morgan fingerprint density at radius 2 is 1.70 bits per heavy atom. The molecule has 6 nitrogen and oxygen atoms in total. The van der Waals surface area contributed by atoms with Crippen LogP contribution in [0.4, 0.5) is 0 Å². The molecule has 1 N–H and O–H groups in total. The van der Waals surface area contributed by atoms with E-state index in [1.165, 1.54) is 36.7 Å². The average molecular weight is 440 g/mol. The van der Waals surface area contributed by atoms with Crippen LogP contribution in [-0.2, 0) is 10.0 Å². The molecular weight excluding hydrogens is 429 g/mol. The van der Waals surface area contributed by atoms with Gasteiger partial charge in [0.1, 0.15) is 15.1 Å². The lowest BCUT2D eigenvalue weighted by Gasteiger charge is -2.11. The Morgan fingerprint density at radius 1 is 0.963 bits per heavy atom. The molecule has 0 fully saturated rings. The van der Waals surface area contributed by atoms with Crippen molar-refractivity contribution in [2.24, 2.45) is 0 Å². The molecule has 0 bridgehead atoms. The zero-order chi connectivity index (χ0) is 19.4. The van der Waals surface area contributed by atoms with Crippen molar-refractivity contribution in [3.63, 3.8) is 0 Å². The molecule has 0 spiro atoms. The Kier molecular flexibility index (Phi) is 6.01. The van der Waals surface area contributed by atoms with Gasteiger partial charge in [-0.05, 0) is 24.3 Å². The number of aromatic nitrogens is 2. The fourth-order valence-corrected chi connectivity index (χ4v) is 4.63. The highest BCUT2D eigenvalue weighted by Gasteiger charge is 2.23. The summed E-state index contributed by atoms with van der Waals surface area (Å²) < 4.78 is 27.3. The molecule has 10 heteroatoms. The van der Waals surface area contributed by atoms with Crippen molar-refractivity contribution in [2.75, 3.05) is 0 Å². The molecule has 1 heterocycles. The zero-order valence-corrected chi connectivity index (χ0v) is 16.6. The summed E-state index contributed by atoms with van der Waals surface area (Å²) in [7, 11) is -4.16. The van der Waals surface area contributed by atoms with Crippen LogP contribution < -0.4 is 4.72 Å². The van der Waals surface area contributed by atoms with Gasteiger partial charge in [-0.15, -0.1) is 0 Å². The Balaban J connectivity index is 1.87. The molecule has 0 saturated carbocycles. The van der Waals surface area contributed by atoms with Gasteiger partial charge in [-0.3, -0.25) is 4.79 Å². The third-order valence-corrected chi connectivity index (χ3v) is 6.47. The molecule has 0 atom stereocenters. The average Bonchev–Trinajstić information content (AvgIpc) is 2.65. The van der Waals surface area contributed by atoms with Gasteiger partial charge in [0.2, 0.25) is 0 Å². The fourth-order valence-electron chi connectivity index (χ4n) is 2.07. The quantitative estimate of drug-likeness (QED) is 0.644. The maximum Gasteiger partial charge on any atom is 0.265 e. The molecular formula is C17H11Cl2N3O3S2. The van der Waals surface area contributed by atoms with E-state index in [0.29, 0.717) is 9.92 Å². The predicted octanol–water partition coefficient (Wildman–Crippen LogP) is 4.05. The van der Waals surface area contributed by atoms with Gasteiger partial charge in [0.05, 0.1) is 17.4 Å². The first kappa shape index (κ1) is 19.6. The van der Waals surface area contributed by atoms with Crippen molar-refractivity contribution < 1.29 is 13.2 Å². The lowest BCUT2D eigenvalue weighted by molar-refractivity contribution is 0.0981. The molecule has 3 rings (SSSR count). The maximum atomic E-state index is 12.6. The first-order chi connectivity index (χ1) is 12.9. The van der Waals surface area contributed by atoms with Crippen LogP contribution >= 0.6 is 35.0 Å². The van der Waals surface area contributed by atoms with Gasteiger partial charge in [0.25, 0.3) is 15.9 Å². The first-order valence-electron chi connectivity index (χ1n) is 7.43. The second kappa shape index (κ2) is 8.26. The highest BCUT2D eigenvalue weighted by Crippen LogP contribution is 2.35. The third-order valence-electron chi connectivity index (χ3n) is 3.29. The smallest absolute Gasteiger partial charge is 0.265 e. The summed E-state index contributed by atoms with van der Waals surface area (Å²) in [5, 5.41) is 0.710. The molecule has 0 unspecified atom stereocenters. The van der Waals surface area contributed by atoms with Crippen molar-refractivity contribution in [1.29, 1.82) is 0 Å². The number of nitrogens with one attached hydrogen (secondary N) is 1. The molecule has 0 aliphatic carbocycles. The summed E-state index contributed by atoms with van der Waals surface area (Å²) in [6, 6.07) is 12.5. The largest absolute Gasteiger partial charge is 0.268 e. The second-order valence-electron chi connectivity index (χ2n) is 5.15. The Labute approximate surface area is 170 Å². The van der Waals surface area contributed by atoms with E-state index in [-0.39, 0.29) is 20.6 Å². The molecule has 0 aliphatic rings. The lowest BCUT2D eigenvalue weighted by Crippen LogP contribution is -2.30. The van der Waals surface area contributed by atoms with E-state index in [4.69, 9.17) is 23.2 Å². The minimum Gasteiger partial charge on any atom is -0.268 e. The lowest BCUT2D eigenvalue weighted by atomic mass is 10.2. The van der Waals surface area contributed by atoms with Gasteiger partial charge >= 0.3 is 0 Å². The number of hydrogen-bond donors (Lipinski definition) is 1. The van der Waals surface area contributed by atoms with Crippen LogP contribution in [0.3, 0.4) is 0 Å². The predicted molar refractivity (Wildman–Crippen MR) is 104 cm³/mol. The van der Waals surface area contributed by atoms with Crippen LogP contribution in [-0.4, -0.2) is 24.3 Å². The van der Waals surface area contributed by atoms with E-state index < -0.39 is 15.9 Å². The summed E-state index contributed by atoms with van der Waals surface area (Å²) in [6.45, 7) is 0. The van der Waals surface area contributed by atoms with Crippen LogP contribution in [0.1, 0.15) is 10.4 Å². The van der Waals surface area contributed by atoms with E-state index >= 15 is 0 Å². The van der Waals surface area contributed by atoms with E-state index in [0.717, 1.165) is 11.8 Å². The van der Waals surface area contributed by atoms with E-state index in [1.807, 2.05) is 4.72 Å². The molecule has 0 saturated heterocycles. The number of amides is 1. The van der Waals surface area contributed by atoms with Gasteiger partial charge in [-0.2, -0.15) is 0 Å². The number of benzene rings is 2. The van der Waals surface area contributed by atoms with Crippen LogP contribution in [0.25, 0.3) is 0 Å². The Bertz CT molecular complexity index is 1080. The van der Waals surface area contributed by atoms with Crippen LogP contribution in [0.2, 0.25) is 10.2 Å². The molecule has 27 heavy (non-hydrogen) atoms. The molecule has 0 radical (unpaired) electrons. The summed E-state index contributed by atoms with van der Waals surface area (Å²) in [5.41, 5.74) is 0.221. The molecule has 2 aromatic carbocycles. The van der Waals surface area contributed by atoms with Crippen molar-refractivity contribution in [3.8, 4) is 0 Å². The van der Waals surface area contributed by atoms with Crippen LogP contribution in [0.5, 0.6) is 0 Å². The number of hydrogen-bond acceptors (Lipinski definition) is 6. The van der Waals surface area contributed by atoms with Crippen LogP contribution in [0.15, 0.2) is 75.7 Å². The Morgan fingerprint density at radius 3 is 2.37 bits per heavy atom. The number of nitrogens with zero attached hydrogens (tertiary/aromatic N) is 2. The van der Waals surface area contributed by atoms with Gasteiger partial charge in [0.15, 0.2) is 0 Å². The summed E-state index contributed by atoms with van der Waals surface area (Å²) in [4.78, 5) is 20.4. The van der Waals surface area contributed by atoms with Gasteiger partial charge < -0.3 is 0 Å². The maximum absolute atomic E-state index is 12.6. The minimum absolute atomic E-state index is 0.0207. The molecule has 0 aliphatic heterocycles.